The van der Waals surface area contributed by atoms with Crippen molar-refractivity contribution in [3.05, 3.63) is 0 Å². The van der Waals surface area contributed by atoms with Gasteiger partial charge < -0.3 is 38.3 Å². The summed E-state index contributed by atoms with van der Waals surface area (Å²) in [6, 6.07) is -2.18. The van der Waals surface area contributed by atoms with E-state index >= 15 is 0 Å². The lowest BCUT2D eigenvalue weighted by Gasteiger charge is -2.19. The molecule has 4 amide bonds. The Morgan fingerprint density at radius 1 is 0.962 bits per heavy atom. The van der Waals surface area contributed by atoms with E-state index in [2.05, 4.69) is 10.6 Å². The molecule has 0 aromatic heterocycles. The molecule has 0 aliphatic rings. The average Bonchev–Trinajstić information content (AvgIpc) is 2.56. The molecule has 0 saturated heterocycles. The van der Waals surface area contributed by atoms with Crippen LogP contribution in [0.3, 0.4) is 0 Å². The Hall–Kier alpha value is -2.73. The quantitative estimate of drug-likeness (QED) is 0.158. The number of nitrogens with two attached hydrogens (primary N) is 3. The largest absolute Gasteiger partial charge is 0.480 e. The van der Waals surface area contributed by atoms with E-state index in [0.29, 0.717) is 25.8 Å². The van der Waals surface area contributed by atoms with E-state index in [1.807, 2.05) is 5.32 Å². The summed E-state index contributed by atoms with van der Waals surface area (Å²) < 4.78 is 0. The molecule has 0 aromatic rings. The molecule has 2 atom stereocenters. The van der Waals surface area contributed by atoms with Crippen LogP contribution in [0.15, 0.2) is 0 Å². The number of carboxylic acid groups (broad SMARTS) is 1. The van der Waals surface area contributed by atoms with Crippen molar-refractivity contribution < 1.29 is 29.1 Å². The van der Waals surface area contributed by atoms with E-state index in [-0.39, 0.29) is 0 Å². The third-order valence-corrected chi connectivity index (χ3v) is 3.20. The van der Waals surface area contributed by atoms with Crippen molar-refractivity contribution in [2.75, 3.05) is 19.6 Å². The van der Waals surface area contributed by atoms with Crippen molar-refractivity contribution in [2.24, 2.45) is 17.2 Å². The third kappa shape index (κ3) is 10.9. The minimum atomic E-state index is -1.30. The minimum Gasteiger partial charge on any atom is -0.480 e. The van der Waals surface area contributed by atoms with Gasteiger partial charge in [-0.05, 0) is 19.4 Å². The monoisotopic (exact) mass is 374 g/mol. The molecule has 2 unspecified atom stereocenters. The topological polar surface area (TPSA) is 220 Å². The van der Waals surface area contributed by atoms with Gasteiger partial charge in [0.1, 0.15) is 12.6 Å². The number of rotatable bonds is 13. The van der Waals surface area contributed by atoms with Crippen molar-refractivity contribution in [1.29, 1.82) is 0 Å². The summed E-state index contributed by atoms with van der Waals surface area (Å²) in [5.41, 5.74) is 16.1. The van der Waals surface area contributed by atoms with Crippen LogP contribution in [0.5, 0.6) is 0 Å². The van der Waals surface area contributed by atoms with E-state index in [1.165, 1.54) is 0 Å². The number of hydrogen-bond acceptors (Lipinski definition) is 7. The van der Waals surface area contributed by atoms with Crippen LogP contribution >= 0.6 is 0 Å². The molecular formula is C14H26N6O6. The number of amides is 4. The van der Waals surface area contributed by atoms with Crippen LogP contribution in [-0.4, -0.2) is 66.4 Å². The van der Waals surface area contributed by atoms with Gasteiger partial charge in [-0.15, -0.1) is 0 Å². The van der Waals surface area contributed by atoms with Crippen molar-refractivity contribution in [2.45, 2.75) is 37.8 Å². The molecule has 148 valence electrons. The zero-order chi connectivity index (χ0) is 20.1. The number of carbonyl (C=O) groups excluding carboxylic acids is 4. The van der Waals surface area contributed by atoms with Crippen molar-refractivity contribution in [1.82, 2.24) is 16.0 Å². The molecule has 0 rings (SSSR count). The lowest BCUT2D eigenvalue weighted by Crippen LogP contribution is -2.54. The Labute approximate surface area is 150 Å². The summed E-state index contributed by atoms with van der Waals surface area (Å²) in [6.07, 6.45) is 1.19. The van der Waals surface area contributed by atoms with Crippen LogP contribution in [0.2, 0.25) is 0 Å². The van der Waals surface area contributed by atoms with Gasteiger partial charge in [0.25, 0.3) is 0 Å². The molecule has 0 heterocycles. The molecule has 0 aromatic carbocycles. The van der Waals surface area contributed by atoms with Crippen LogP contribution in [0.1, 0.15) is 25.7 Å². The lowest BCUT2D eigenvalue weighted by molar-refractivity contribution is -0.138. The molecule has 26 heavy (non-hydrogen) atoms. The first-order chi connectivity index (χ1) is 12.2. The zero-order valence-electron chi connectivity index (χ0n) is 14.3. The highest BCUT2D eigenvalue weighted by atomic mass is 16.4. The Kier molecular flexibility index (Phi) is 11.3. The number of carboxylic acids is 1. The SMILES string of the molecule is NCCCCC(N)C(=O)NC(CC(N)=O)C(=O)NCC(=O)NCC(=O)O. The predicted molar refractivity (Wildman–Crippen MR) is 90.3 cm³/mol. The van der Waals surface area contributed by atoms with Crippen LogP contribution in [-0.2, 0) is 24.0 Å². The molecule has 0 spiro atoms. The normalized spacial score (nSPS) is 12.5. The molecule has 0 aliphatic heterocycles. The van der Waals surface area contributed by atoms with Gasteiger partial charge >= 0.3 is 5.97 Å². The fraction of sp³-hybridized carbons (Fsp3) is 0.643. The summed E-state index contributed by atoms with van der Waals surface area (Å²) in [7, 11) is 0. The lowest BCUT2D eigenvalue weighted by atomic mass is 10.1. The predicted octanol–water partition coefficient (Wildman–Crippen LogP) is -3.88. The number of carbonyl (C=O) groups is 5. The fourth-order valence-corrected chi connectivity index (χ4v) is 1.86. The second-order valence-electron chi connectivity index (χ2n) is 5.51. The van der Waals surface area contributed by atoms with Gasteiger partial charge in [-0.3, -0.25) is 24.0 Å². The minimum absolute atomic E-state index is 0.353. The van der Waals surface area contributed by atoms with Crippen LogP contribution in [0.25, 0.3) is 0 Å². The molecule has 0 fully saturated rings. The van der Waals surface area contributed by atoms with Gasteiger partial charge in [-0.25, -0.2) is 0 Å². The number of hydrogen-bond donors (Lipinski definition) is 7. The molecule has 0 radical (unpaired) electrons. The van der Waals surface area contributed by atoms with E-state index in [1.54, 1.807) is 0 Å². The number of primary amides is 1. The maximum atomic E-state index is 12.1. The first kappa shape index (κ1) is 23.3. The third-order valence-electron chi connectivity index (χ3n) is 3.20. The van der Waals surface area contributed by atoms with E-state index in [4.69, 9.17) is 22.3 Å². The molecule has 12 nitrogen and oxygen atoms in total. The number of nitrogens with one attached hydrogen (secondary N) is 3. The summed E-state index contributed by atoms with van der Waals surface area (Å²) in [4.78, 5) is 56.9. The second kappa shape index (κ2) is 12.6. The maximum absolute atomic E-state index is 12.1. The summed E-state index contributed by atoms with van der Waals surface area (Å²) in [5, 5.41) is 15.0. The standard InChI is InChI=1S/C14H26N6O6/c15-4-2-1-3-8(16)13(25)20-9(5-10(17)21)14(26)19-6-11(22)18-7-12(23)24/h8-9H,1-7,15-16H2,(H2,17,21)(H,18,22)(H,19,26)(H,20,25)(H,23,24). The first-order valence-electron chi connectivity index (χ1n) is 7.97. The molecule has 10 N–H and O–H groups in total. The highest BCUT2D eigenvalue weighted by Gasteiger charge is 2.25. The Bertz CT molecular complexity index is 526. The van der Waals surface area contributed by atoms with E-state index in [9.17, 15) is 24.0 Å². The smallest absolute Gasteiger partial charge is 0.322 e. The Morgan fingerprint density at radius 2 is 1.62 bits per heavy atom. The van der Waals surface area contributed by atoms with Crippen LogP contribution in [0, 0.1) is 0 Å². The summed E-state index contributed by atoms with van der Waals surface area (Å²) in [6.45, 7) is -0.668. The molecule has 0 bridgehead atoms. The van der Waals surface area contributed by atoms with Crippen LogP contribution < -0.4 is 33.2 Å². The summed E-state index contributed by atoms with van der Waals surface area (Å²) >= 11 is 0. The Balaban J connectivity index is 4.59. The van der Waals surface area contributed by atoms with Gasteiger partial charge in [0.2, 0.25) is 23.6 Å². The highest BCUT2D eigenvalue weighted by molar-refractivity contribution is 5.94. The average molecular weight is 374 g/mol. The first-order valence-corrected chi connectivity index (χ1v) is 7.97. The summed E-state index contributed by atoms with van der Waals surface area (Å²) in [5.74, 6) is -4.29. The molecule has 12 heteroatoms. The van der Waals surface area contributed by atoms with Gasteiger partial charge in [0.15, 0.2) is 0 Å². The molecular weight excluding hydrogens is 348 g/mol. The van der Waals surface area contributed by atoms with Gasteiger partial charge in [-0.2, -0.15) is 0 Å². The van der Waals surface area contributed by atoms with Gasteiger partial charge in [0.05, 0.1) is 19.0 Å². The van der Waals surface area contributed by atoms with Crippen molar-refractivity contribution in [3.8, 4) is 0 Å². The second-order valence-corrected chi connectivity index (χ2v) is 5.51. The van der Waals surface area contributed by atoms with E-state index < -0.39 is 61.2 Å². The van der Waals surface area contributed by atoms with Gasteiger partial charge in [-0.1, -0.05) is 6.42 Å². The number of unbranched alkanes of at least 4 members (excludes halogenated alkanes) is 1. The molecule has 0 saturated carbocycles. The van der Waals surface area contributed by atoms with Gasteiger partial charge in [0, 0.05) is 0 Å². The Morgan fingerprint density at radius 3 is 2.15 bits per heavy atom. The van der Waals surface area contributed by atoms with Crippen LogP contribution in [0.4, 0.5) is 0 Å². The van der Waals surface area contributed by atoms with E-state index in [0.717, 1.165) is 0 Å². The molecule has 0 aliphatic carbocycles. The van der Waals surface area contributed by atoms with Crippen molar-refractivity contribution in [3.63, 3.8) is 0 Å². The zero-order valence-corrected chi connectivity index (χ0v) is 14.3. The maximum Gasteiger partial charge on any atom is 0.322 e. The number of aliphatic carboxylic acids is 1. The highest BCUT2D eigenvalue weighted by Crippen LogP contribution is 2.00. The fourth-order valence-electron chi connectivity index (χ4n) is 1.86. The van der Waals surface area contributed by atoms with Crippen molar-refractivity contribution >= 4 is 29.6 Å².